The van der Waals surface area contributed by atoms with Crippen molar-refractivity contribution in [2.45, 2.75) is 19.1 Å². The Morgan fingerprint density at radius 2 is 2.00 bits per heavy atom. The lowest BCUT2D eigenvalue weighted by Gasteiger charge is -2.27. The average Bonchev–Trinajstić information content (AvgIpc) is 2.92. The van der Waals surface area contributed by atoms with Crippen molar-refractivity contribution in [2.75, 3.05) is 24.5 Å². The first kappa shape index (κ1) is 13.7. The van der Waals surface area contributed by atoms with E-state index < -0.39 is 17.6 Å². The Labute approximate surface area is 114 Å². The number of hydrogen-bond acceptors (Lipinski definition) is 2. The van der Waals surface area contributed by atoms with Crippen molar-refractivity contribution in [3.8, 4) is 0 Å². The van der Waals surface area contributed by atoms with Gasteiger partial charge in [-0.1, -0.05) is 0 Å². The van der Waals surface area contributed by atoms with Crippen LogP contribution in [0.25, 0.3) is 0 Å². The van der Waals surface area contributed by atoms with Crippen LogP contribution in [0.2, 0.25) is 0 Å². The molecule has 0 saturated carbocycles. The fourth-order valence-corrected chi connectivity index (χ4v) is 3.40. The lowest BCUT2D eigenvalue weighted by Crippen LogP contribution is -2.33. The number of alkyl halides is 3. The molecule has 0 radical (unpaired) electrons. The zero-order valence-corrected chi connectivity index (χ0v) is 11.0. The normalized spacial score (nSPS) is 29.9. The smallest absolute Gasteiger partial charge is 0.366 e. The molecule has 110 valence electrons. The first-order valence-corrected chi connectivity index (χ1v) is 6.72. The maximum atomic E-state index is 14.0. The number of benzene rings is 1. The van der Waals surface area contributed by atoms with Crippen LogP contribution in [0.3, 0.4) is 0 Å². The molecule has 3 unspecified atom stereocenters. The standard InChI is InChI=1S/C14H16F4N2/c1-8-11-6-19-5-9(11)7-20(8)13-3-2-10(4-12(13)15)14(16,17)18/h2-4,8-9,11,19H,5-7H2,1H3. The maximum absolute atomic E-state index is 14.0. The van der Waals surface area contributed by atoms with E-state index in [-0.39, 0.29) is 11.7 Å². The third kappa shape index (κ3) is 2.16. The second-order valence-corrected chi connectivity index (χ2v) is 5.64. The summed E-state index contributed by atoms with van der Waals surface area (Å²) in [5.41, 5.74) is -0.660. The van der Waals surface area contributed by atoms with E-state index in [0.717, 1.165) is 19.2 Å². The molecule has 2 aliphatic heterocycles. The fourth-order valence-electron chi connectivity index (χ4n) is 3.40. The van der Waals surface area contributed by atoms with Crippen LogP contribution in [-0.2, 0) is 6.18 Å². The van der Waals surface area contributed by atoms with Crippen LogP contribution in [0.15, 0.2) is 18.2 Å². The van der Waals surface area contributed by atoms with Gasteiger partial charge in [0.15, 0.2) is 0 Å². The minimum Gasteiger partial charge on any atom is -0.366 e. The van der Waals surface area contributed by atoms with Gasteiger partial charge in [0, 0.05) is 25.7 Å². The molecule has 2 fully saturated rings. The highest BCUT2D eigenvalue weighted by Gasteiger charge is 2.42. The molecule has 0 amide bonds. The monoisotopic (exact) mass is 288 g/mol. The number of halogens is 4. The minimum atomic E-state index is -4.50. The van der Waals surface area contributed by atoms with Gasteiger partial charge in [0.25, 0.3) is 0 Å². The fraction of sp³-hybridized carbons (Fsp3) is 0.571. The van der Waals surface area contributed by atoms with Crippen molar-refractivity contribution < 1.29 is 17.6 Å². The van der Waals surface area contributed by atoms with E-state index in [1.807, 2.05) is 11.8 Å². The van der Waals surface area contributed by atoms with Crippen molar-refractivity contribution in [3.63, 3.8) is 0 Å². The van der Waals surface area contributed by atoms with E-state index in [0.29, 0.717) is 24.4 Å². The molecule has 2 saturated heterocycles. The number of anilines is 1. The van der Waals surface area contributed by atoms with Crippen LogP contribution in [0.5, 0.6) is 0 Å². The van der Waals surface area contributed by atoms with Gasteiger partial charge >= 0.3 is 6.18 Å². The zero-order chi connectivity index (χ0) is 14.5. The molecule has 1 N–H and O–H groups in total. The van der Waals surface area contributed by atoms with E-state index in [1.165, 1.54) is 6.07 Å². The van der Waals surface area contributed by atoms with Crippen LogP contribution in [-0.4, -0.2) is 25.7 Å². The second-order valence-electron chi connectivity index (χ2n) is 5.64. The van der Waals surface area contributed by atoms with Gasteiger partial charge in [-0.15, -0.1) is 0 Å². The molecule has 0 aromatic heterocycles. The van der Waals surface area contributed by atoms with E-state index in [1.54, 1.807) is 0 Å². The highest BCUT2D eigenvalue weighted by Crippen LogP contribution is 2.38. The van der Waals surface area contributed by atoms with E-state index in [4.69, 9.17) is 0 Å². The summed E-state index contributed by atoms with van der Waals surface area (Å²) in [4.78, 5) is 1.89. The van der Waals surface area contributed by atoms with Crippen molar-refractivity contribution in [1.29, 1.82) is 0 Å². The molecule has 20 heavy (non-hydrogen) atoms. The maximum Gasteiger partial charge on any atom is 0.416 e. The molecule has 1 aromatic rings. The third-order valence-corrected chi connectivity index (χ3v) is 4.52. The van der Waals surface area contributed by atoms with E-state index in [9.17, 15) is 17.6 Å². The predicted molar refractivity (Wildman–Crippen MR) is 68.1 cm³/mol. The number of hydrogen-bond donors (Lipinski definition) is 1. The summed E-state index contributed by atoms with van der Waals surface area (Å²) in [5.74, 6) is 0.1000. The Morgan fingerprint density at radius 3 is 2.60 bits per heavy atom. The Morgan fingerprint density at radius 1 is 1.25 bits per heavy atom. The minimum absolute atomic E-state index is 0.140. The predicted octanol–water partition coefficient (Wildman–Crippen LogP) is 2.89. The average molecular weight is 288 g/mol. The van der Waals surface area contributed by atoms with E-state index in [2.05, 4.69) is 5.32 Å². The Bertz CT molecular complexity index is 514. The Hall–Kier alpha value is -1.30. The second kappa shape index (κ2) is 4.62. The highest BCUT2D eigenvalue weighted by atomic mass is 19.4. The van der Waals surface area contributed by atoms with Crippen molar-refractivity contribution in [3.05, 3.63) is 29.6 Å². The summed E-state index contributed by atoms with van der Waals surface area (Å²) >= 11 is 0. The first-order valence-electron chi connectivity index (χ1n) is 6.72. The summed E-state index contributed by atoms with van der Waals surface area (Å²) in [6.07, 6.45) is -4.50. The number of fused-ring (bicyclic) bond motifs is 1. The molecular formula is C14H16F4N2. The Kier molecular flexibility index (Phi) is 3.16. The quantitative estimate of drug-likeness (QED) is 0.799. The molecule has 6 heteroatoms. The summed E-state index contributed by atoms with van der Waals surface area (Å²) < 4.78 is 51.7. The molecule has 2 heterocycles. The summed E-state index contributed by atoms with van der Waals surface area (Å²) in [5, 5.41) is 3.30. The molecule has 2 aliphatic rings. The number of nitrogens with zero attached hydrogens (tertiary/aromatic N) is 1. The van der Waals surface area contributed by atoms with Crippen LogP contribution in [0.4, 0.5) is 23.2 Å². The van der Waals surface area contributed by atoms with Gasteiger partial charge in [-0.25, -0.2) is 4.39 Å². The highest BCUT2D eigenvalue weighted by molar-refractivity contribution is 5.52. The lowest BCUT2D eigenvalue weighted by atomic mass is 9.95. The van der Waals surface area contributed by atoms with Gasteiger partial charge in [0.2, 0.25) is 0 Å². The third-order valence-electron chi connectivity index (χ3n) is 4.52. The molecule has 1 aromatic carbocycles. The van der Waals surface area contributed by atoms with Gasteiger partial charge in [0.05, 0.1) is 11.3 Å². The van der Waals surface area contributed by atoms with Crippen molar-refractivity contribution >= 4 is 5.69 Å². The Balaban J connectivity index is 1.88. The van der Waals surface area contributed by atoms with Gasteiger partial charge < -0.3 is 10.2 Å². The molecule has 0 bridgehead atoms. The largest absolute Gasteiger partial charge is 0.416 e. The van der Waals surface area contributed by atoms with Gasteiger partial charge in [-0.2, -0.15) is 13.2 Å². The molecule has 2 nitrogen and oxygen atoms in total. The van der Waals surface area contributed by atoms with Crippen molar-refractivity contribution in [1.82, 2.24) is 5.32 Å². The number of rotatable bonds is 1. The summed E-state index contributed by atoms with van der Waals surface area (Å²) in [6.45, 7) is 4.49. The SMILES string of the molecule is CC1C2CNCC2CN1c1ccc(C(F)(F)F)cc1F. The van der Waals surface area contributed by atoms with Crippen molar-refractivity contribution in [2.24, 2.45) is 11.8 Å². The molecular weight excluding hydrogens is 272 g/mol. The van der Waals surface area contributed by atoms with E-state index >= 15 is 0 Å². The summed E-state index contributed by atoms with van der Waals surface area (Å²) in [7, 11) is 0. The number of nitrogens with one attached hydrogen (secondary N) is 1. The van der Waals surface area contributed by atoms with Gasteiger partial charge in [-0.3, -0.25) is 0 Å². The molecule has 3 atom stereocenters. The topological polar surface area (TPSA) is 15.3 Å². The lowest BCUT2D eigenvalue weighted by molar-refractivity contribution is -0.137. The van der Waals surface area contributed by atoms with Crippen LogP contribution in [0, 0.1) is 17.7 Å². The molecule has 0 spiro atoms. The first-order chi connectivity index (χ1) is 9.38. The molecule has 0 aliphatic carbocycles. The van der Waals surface area contributed by atoms with Gasteiger partial charge in [-0.05, 0) is 37.0 Å². The van der Waals surface area contributed by atoms with Crippen LogP contribution >= 0.6 is 0 Å². The zero-order valence-electron chi connectivity index (χ0n) is 11.0. The summed E-state index contributed by atoms with van der Waals surface area (Å²) in [6, 6.07) is 2.94. The molecule has 3 rings (SSSR count). The van der Waals surface area contributed by atoms with Crippen LogP contribution in [0.1, 0.15) is 12.5 Å². The van der Waals surface area contributed by atoms with Gasteiger partial charge in [0.1, 0.15) is 5.82 Å². The van der Waals surface area contributed by atoms with Crippen LogP contribution < -0.4 is 10.2 Å².